The van der Waals surface area contributed by atoms with Crippen molar-refractivity contribution in [2.24, 2.45) is 0 Å². The quantitative estimate of drug-likeness (QED) is 0.768. The van der Waals surface area contributed by atoms with Gasteiger partial charge in [0.1, 0.15) is 0 Å². The number of pyridine rings is 1. The Morgan fingerprint density at radius 3 is 3.00 bits per heavy atom. The van der Waals surface area contributed by atoms with E-state index in [2.05, 4.69) is 10.3 Å². The molecule has 24 heavy (non-hydrogen) atoms. The van der Waals surface area contributed by atoms with Gasteiger partial charge < -0.3 is 5.32 Å². The van der Waals surface area contributed by atoms with Gasteiger partial charge in [-0.2, -0.15) is 0 Å². The Labute approximate surface area is 148 Å². The van der Waals surface area contributed by atoms with Crippen molar-refractivity contribution >= 4 is 39.7 Å². The molecule has 1 aliphatic carbocycles. The lowest BCUT2D eigenvalue weighted by atomic mass is 10.0. The molecule has 2 aromatic heterocycles. The van der Waals surface area contributed by atoms with Crippen molar-refractivity contribution in [1.82, 2.24) is 15.3 Å². The molecule has 4 rings (SSSR count). The second-order valence-electron chi connectivity index (χ2n) is 5.97. The van der Waals surface area contributed by atoms with Crippen molar-refractivity contribution in [3.05, 3.63) is 56.1 Å². The molecule has 3 aromatic rings. The van der Waals surface area contributed by atoms with E-state index in [-0.39, 0.29) is 5.91 Å². The summed E-state index contributed by atoms with van der Waals surface area (Å²) in [6, 6.07) is 5.54. The van der Waals surface area contributed by atoms with Gasteiger partial charge in [-0.05, 0) is 49.9 Å². The van der Waals surface area contributed by atoms with Crippen molar-refractivity contribution in [2.75, 3.05) is 0 Å². The lowest BCUT2D eigenvalue weighted by Gasteiger charge is -2.12. The summed E-state index contributed by atoms with van der Waals surface area (Å²) in [7, 11) is 0. The fourth-order valence-corrected chi connectivity index (χ4v) is 4.03. The molecule has 0 radical (unpaired) electrons. The topological polar surface area (TPSA) is 54.9 Å². The van der Waals surface area contributed by atoms with Crippen LogP contribution in [0.4, 0.5) is 0 Å². The van der Waals surface area contributed by atoms with Gasteiger partial charge in [-0.15, -0.1) is 11.3 Å². The molecule has 0 unspecified atom stereocenters. The van der Waals surface area contributed by atoms with Crippen LogP contribution in [0.1, 0.15) is 38.7 Å². The van der Waals surface area contributed by atoms with Gasteiger partial charge in [0.25, 0.3) is 5.91 Å². The first-order valence-electron chi connectivity index (χ1n) is 7.92. The van der Waals surface area contributed by atoms with Crippen LogP contribution in [0.2, 0.25) is 5.02 Å². The van der Waals surface area contributed by atoms with Crippen molar-refractivity contribution in [2.45, 2.75) is 32.7 Å². The minimum atomic E-state index is -0.0755. The number of benzene rings is 1. The fourth-order valence-electron chi connectivity index (χ4n) is 3.24. The van der Waals surface area contributed by atoms with Crippen LogP contribution in [0.5, 0.6) is 0 Å². The average Bonchev–Trinajstić information content (AvgIpc) is 3.19. The third-order valence-corrected chi connectivity index (χ3v) is 5.35. The van der Waals surface area contributed by atoms with Crippen LogP contribution >= 0.6 is 22.9 Å². The van der Waals surface area contributed by atoms with Gasteiger partial charge in [-0.25, -0.2) is 4.98 Å². The highest BCUT2D eigenvalue weighted by Crippen LogP contribution is 2.31. The van der Waals surface area contributed by atoms with Crippen LogP contribution in [-0.2, 0) is 19.4 Å². The molecule has 0 saturated heterocycles. The van der Waals surface area contributed by atoms with E-state index in [1.54, 1.807) is 11.3 Å². The van der Waals surface area contributed by atoms with Gasteiger partial charge in [-0.3, -0.25) is 9.78 Å². The molecule has 1 aliphatic rings. The Morgan fingerprint density at radius 1 is 1.33 bits per heavy atom. The molecule has 0 saturated carbocycles. The molecule has 0 atom stereocenters. The maximum absolute atomic E-state index is 12.9. The molecule has 122 valence electrons. The number of nitrogens with zero attached hydrogens (tertiary/aromatic N) is 2. The first kappa shape index (κ1) is 15.5. The number of fused-ring (bicyclic) bond motifs is 2. The molecule has 0 aliphatic heterocycles. The van der Waals surface area contributed by atoms with E-state index < -0.39 is 0 Å². The summed E-state index contributed by atoms with van der Waals surface area (Å²) in [5.41, 5.74) is 4.55. The van der Waals surface area contributed by atoms with Crippen molar-refractivity contribution in [1.29, 1.82) is 0 Å². The summed E-state index contributed by atoms with van der Waals surface area (Å²) in [6.45, 7) is 2.39. The number of carbonyl (C=O) groups excluding carboxylic acids is 1. The second kappa shape index (κ2) is 6.15. The average molecular weight is 358 g/mol. The highest BCUT2D eigenvalue weighted by Gasteiger charge is 2.24. The predicted octanol–water partition coefficient (Wildman–Crippen LogP) is 4.07. The van der Waals surface area contributed by atoms with Gasteiger partial charge in [0.15, 0.2) is 0 Å². The first-order valence-corrected chi connectivity index (χ1v) is 9.18. The molecule has 0 spiro atoms. The van der Waals surface area contributed by atoms with Crippen LogP contribution in [0.25, 0.3) is 10.9 Å². The van der Waals surface area contributed by atoms with Crippen LogP contribution in [0.3, 0.4) is 0 Å². The Kier molecular flexibility index (Phi) is 3.98. The molecule has 4 nitrogen and oxygen atoms in total. The minimum Gasteiger partial charge on any atom is -0.346 e. The number of halogens is 1. The number of aryl methyl sites for hydroxylation is 2. The van der Waals surface area contributed by atoms with Crippen LogP contribution in [0, 0.1) is 6.92 Å². The highest BCUT2D eigenvalue weighted by atomic mass is 35.5. The lowest BCUT2D eigenvalue weighted by molar-refractivity contribution is 0.0951. The van der Waals surface area contributed by atoms with Gasteiger partial charge in [0.05, 0.1) is 28.3 Å². The van der Waals surface area contributed by atoms with Crippen molar-refractivity contribution in [3.8, 4) is 0 Å². The molecular weight excluding hydrogens is 342 g/mol. The number of rotatable bonds is 3. The van der Waals surface area contributed by atoms with Gasteiger partial charge in [0, 0.05) is 21.5 Å². The normalized spacial score (nSPS) is 13.2. The van der Waals surface area contributed by atoms with Crippen LogP contribution in [0.15, 0.2) is 23.6 Å². The van der Waals surface area contributed by atoms with Crippen molar-refractivity contribution in [3.63, 3.8) is 0 Å². The summed E-state index contributed by atoms with van der Waals surface area (Å²) < 4.78 is 0. The van der Waals surface area contributed by atoms with Crippen LogP contribution < -0.4 is 5.32 Å². The minimum absolute atomic E-state index is 0.0755. The van der Waals surface area contributed by atoms with Gasteiger partial charge >= 0.3 is 0 Å². The number of amides is 1. The molecule has 1 aromatic carbocycles. The molecule has 1 N–H and O–H groups in total. The van der Waals surface area contributed by atoms with E-state index in [9.17, 15) is 4.79 Å². The molecular formula is C18H16ClN3OS. The van der Waals surface area contributed by atoms with Gasteiger partial charge in [0.2, 0.25) is 0 Å². The molecule has 2 heterocycles. The van der Waals surface area contributed by atoms with E-state index in [1.807, 2.05) is 30.5 Å². The molecule has 0 bridgehead atoms. The number of aromatic nitrogens is 2. The van der Waals surface area contributed by atoms with E-state index in [1.165, 1.54) is 0 Å². The largest absolute Gasteiger partial charge is 0.346 e. The second-order valence-corrected chi connectivity index (χ2v) is 7.47. The summed E-state index contributed by atoms with van der Waals surface area (Å²) >= 11 is 7.74. The standard InChI is InChI=1S/C18H16ClN3OS/c1-10-21-12(9-24-10)8-20-18(23)17-13-3-2-4-15(13)22-16-6-5-11(19)7-14(16)17/h5-7,9H,2-4,8H2,1H3,(H,20,23). The summed E-state index contributed by atoms with van der Waals surface area (Å²) in [5, 5.41) is 7.43. The van der Waals surface area contributed by atoms with Crippen LogP contribution in [-0.4, -0.2) is 15.9 Å². The zero-order valence-electron chi connectivity index (χ0n) is 13.2. The fraction of sp³-hybridized carbons (Fsp3) is 0.278. The molecule has 6 heteroatoms. The summed E-state index contributed by atoms with van der Waals surface area (Å²) in [5.74, 6) is -0.0755. The third kappa shape index (κ3) is 2.78. The van der Waals surface area contributed by atoms with E-state index in [0.29, 0.717) is 11.6 Å². The molecule has 1 amide bonds. The smallest absolute Gasteiger partial charge is 0.252 e. The van der Waals surface area contributed by atoms with Crippen molar-refractivity contribution < 1.29 is 4.79 Å². The van der Waals surface area contributed by atoms with E-state index >= 15 is 0 Å². The third-order valence-electron chi connectivity index (χ3n) is 4.30. The first-order chi connectivity index (χ1) is 11.6. The predicted molar refractivity (Wildman–Crippen MR) is 96.8 cm³/mol. The van der Waals surface area contributed by atoms with E-state index in [4.69, 9.17) is 16.6 Å². The number of carbonyl (C=O) groups is 1. The Bertz CT molecular complexity index is 951. The Balaban J connectivity index is 1.74. The summed E-state index contributed by atoms with van der Waals surface area (Å²) in [6.07, 6.45) is 2.86. The van der Waals surface area contributed by atoms with E-state index in [0.717, 1.165) is 57.7 Å². The maximum Gasteiger partial charge on any atom is 0.252 e. The van der Waals surface area contributed by atoms with Gasteiger partial charge in [-0.1, -0.05) is 11.6 Å². The SMILES string of the molecule is Cc1nc(CNC(=O)c2c3c(nc4ccc(Cl)cc24)CCC3)cs1. The Hall–Kier alpha value is -1.98. The Morgan fingerprint density at radius 2 is 2.21 bits per heavy atom. The zero-order valence-corrected chi connectivity index (χ0v) is 14.8. The number of nitrogens with one attached hydrogen (secondary N) is 1. The number of hydrogen-bond donors (Lipinski definition) is 1. The number of thiazole rings is 1. The maximum atomic E-state index is 12.9. The lowest BCUT2D eigenvalue weighted by Crippen LogP contribution is -2.25. The molecule has 0 fully saturated rings. The number of hydrogen-bond acceptors (Lipinski definition) is 4. The zero-order chi connectivity index (χ0) is 16.7. The highest BCUT2D eigenvalue weighted by molar-refractivity contribution is 7.09. The monoisotopic (exact) mass is 357 g/mol. The summed E-state index contributed by atoms with van der Waals surface area (Å²) in [4.78, 5) is 22.0.